The first kappa shape index (κ1) is 14.1. The average molecular weight is 305 g/mol. The number of likely N-dealkylation sites (tertiary alicyclic amines) is 1. The Balaban J connectivity index is 1.82. The minimum atomic E-state index is -0.00796. The molecule has 0 N–H and O–H groups in total. The summed E-state index contributed by atoms with van der Waals surface area (Å²) in [6, 6.07) is 9.36. The molecule has 3 rings (SSSR count). The summed E-state index contributed by atoms with van der Waals surface area (Å²) in [6.45, 7) is 2.64. The molecule has 0 radical (unpaired) electrons. The van der Waals surface area contributed by atoms with Gasteiger partial charge in [-0.25, -0.2) is 0 Å². The Kier molecular flexibility index (Phi) is 3.97. The smallest absolute Gasteiger partial charge is 0.254 e. The fourth-order valence-electron chi connectivity index (χ4n) is 2.75. The molecule has 1 unspecified atom stereocenters. The second-order valence-electron chi connectivity index (χ2n) is 5.36. The maximum absolute atomic E-state index is 12.7. The van der Waals surface area contributed by atoms with Crippen molar-refractivity contribution < 1.29 is 9.32 Å². The lowest BCUT2D eigenvalue weighted by atomic mass is 10.1. The van der Waals surface area contributed by atoms with Gasteiger partial charge in [0.15, 0.2) is 5.76 Å². The Morgan fingerprint density at radius 2 is 2.19 bits per heavy atom. The van der Waals surface area contributed by atoms with Gasteiger partial charge in [0.05, 0.1) is 11.7 Å². The van der Waals surface area contributed by atoms with Crippen LogP contribution >= 0.6 is 11.6 Å². The number of amides is 1. The van der Waals surface area contributed by atoms with E-state index in [1.54, 1.807) is 0 Å². The van der Waals surface area contributed by atoms with E-state index in [2.05, 4.69) is 5.16 Å². The SMILES string of the molecule is Cc1cc(C2CCCN2C(=O)c2ccc(CCl)cc2)on1. The molecule has 21 heavy (non-hydrogen) atoms. The maximum Gasteiger partial charge on any atom is 0.254 e. The van der Waals surface area contributed by atoms with Gasteiger partial charge >= 0.3 is 0 Å². The molecule has 1 aromatic carbocycles. The van der Waals surface area contributed by atoms with Crippen LogP contribution in [0.3, 0.4) is 0 Å². The highest BCUT2D eigenvalue weighted by Crippen LogP contribution is 2.33. The molecule has 1 aromatic heterocycles. The predicted molar refractivity (Wildman–Crippen MR) is 80.3 cm³/mol. The molecule has 2 aromatic rings. The van der Waals surface area contributed by atoms with Gasteiger partial charge in [0.2, 0.25) is 0 Å². The van der Waals surface area contributed by atoms with E-state index in [4.69, 9.17) is 16.1 Å². The number of hydrogen-bond acceptors (Lipinski definition) is 3. The zero-order valence-corrected chi connectivity index (χ0v) is 12.6. The molecular weight excluding hydrogens is 288 g/mol. The molecule has 1 saturated heterocycles. The summed E-state index contributed by atoms with van der Waals surface area (Å²) in [5, 5.41) is 3.92. The summed E-state index contributed by atoms with van der Waals surface area (Å²) in [4.78, 5) is 14.5. The topological polar surface area (TPSA) is 46.3 Å². The van der Waals surface area contributed by atoms with Crippen LogP contribution in [0.5, 0.6) is 0 Å². The molecule has 4 nitrogen and oxygen atoms in total. The summed E-state index contributed by atoms with van der Waals surface area (Å²) in [6.07, 6.45) is 1.90. The Bertz CT molecular complexity index is 636. The van der Waals surface area contributed by atoms with Gasteiger partial charge < -0.3 is 9.42 Å². The lowest BCUT2D eigenvalue weighted by molar-refractivity contribution is 0.0714. The summed E-state index contributed by atoms with van der Waals surface area (Å²) in [5.41, 5.74) is 2.54. The van der Waals surface area contributed by atoms with Crippen LogP contribution in [0.25, 0.3) is 0 Å². The third kappa shape index (κ3) is 2.81. The maximum atomic E-state index is 12.7. The third-order valence-electron chi connectivity index (χ3n) is 3.84. The largest absolute Gasteiger partial charge is 0.359 e. The van der Waals surface area contributed by atoms with Crippen LogP contribution in [0, 0.1) is 6.92 Å². The van der Waals surface area contributed by atoms with Gasteiger partial charge in [0, 0.05) is 24.1 Å². The molecule has 0 spiro atoms. The standard InChI is InChI=1S/C16H17ClN2O2/c1-11-9-15(21-18-11)14-3-2-8-19(14)16(20)13-6-4-12(10-17)5-7-13/h4-7,9,14H,2-3,8,10H2,1H3. The van der Waals surface area contributed by atoms with Crippen molar-refractivity contribution in [3.05, 3.63) is 52.9 Å². The quantitative estimate of drug-likeness (QED) is 0.812. The van der Waals surface area contributed by atoms with Gasteiger partial charge in [0.25, 0.3) is 5.91 Å². The van der Waals surface area contributed by atoms with E-state index in [-0.39, 0.29) is 11.9 Å². The Labute approximate surface area is 128 Å². The number of halogens is 1. The average Bonchev–Trinajstić information content (AvgIpc) is 3.15. The van der Waals surface area contributed by atoms with Crippen molar-refractivity contribution in [3.63, 3.8) is 0 Å². The van der Waals surface area contributed by atoms with E-state index >= 15 is 0 Å². The van der Waals surface area contributed by atoms with Gasteiger partial charge in [-0.2, -0.15) is 0 Å². The number of benzene rings is 1. The number of aromatic nitrogens is 1. The van der Waals surface area contributed by atoms with Crippen LogP contribution in [-0.2, 0) is 5.88 Å². The predicted octanol–water partition coefficient (Wildman–Crippen LogP) is 3.70. The highest BCUT2D eigenvalue weighted by molar-refractivity contribution is 6.17. The number of rotatable bonds is 3. The van der Waals surface area contributed by atoms with Crippen LogP contribution in [0.2, 0.25) is 0 Å². The van der Waals surface area contributed by atoms with Crippen LogP contribution in [0.4, 0.5) is 0 Å². The highest BCUT2D eigenvalue weighted by Gasteiger charge is 2.33. The summed E-state index contributed by atoms with van der Waals surface area (Å²) >= 11 is 5.78. The molecule has 0 saturated carbocycles. The minimum absolute atomic E-state index is 0.00796. The van der Waals surface area contributed by atoms with Crippen molar-refractivity contribution in [3.8, 4) is 0 Å². The van der Waals surface area contributed by atoms with Crippen molar-refractivity contribution in [2.45, 2.75) is 31.7 Å². The Morgan fingerprint density at radius 3 is 2.81 bits per heavy atom. The van der Waals surface area contributed by atoms with Crippen molar-refractivity contribution in [1.29, 1.82) is 0 Å². The fraction of sp³-hybridized carbons (Fsp3) is 0.375. The van der Waals surface area contributed by atoms with E-state index in [0.29, 0.717) is 11.4 Å². The van der Waals surface area contributed by atoms with E-state index < -0.39 is 0 Å². The molecule has 1 amide bonds. The van der Waals surface area contributed by atoms with Crippen molar-refractivity contribution in [1.82, 2.24) is 10.1 Å². The number of nitrogens with zero attached hydrogens (tertiary/aromatic N) is 2. The number of alkyl halides is 1. The van der Waals surface area contributed by atoms with Crippen molar-refractivity contribution >= 4 is 17.5 Å². The van der Waals surface area contributed by atoms with E-state index in [9.17, 15) is 4.79 Å². The molecule has 2 heterocycles. The van der Waals surface area contributed by atoms with Crippen LogP contribution in [-0.4, -0.2) is 22.5 Å². The second-order valence-corrected chi connectivity index (χ2v) is 5.63. The van der Waals surface area contributed by atoms with Crippen LogP contribution in [0.1, 0.15) is 46.3 Å². The first-order valence-electron chi connectivity index (χ1n) is 7.08. The minimum Gasteiger partial charge on any atom is -0.359 e. The highest BCUT2D eigenvalue weighted by atomic mass is 35.5. The molecule has 0 bridgehead atoms. The van der Waals surface area contributed by atoms with Crippen molar-refractivity contribution in [2.24, 2.45) is 0 Å². The normalized spacial score (nSPS) is 18.2. The lowest BCUT2D eigenvalue weighted by Crippen LogP contribution is -2.30. The molecule has 110 valence electrons. The van der Waals surface area contributed by atoms with Crippen LogP contribution < -0.4 is 0 Å². The molecule has 1 aliphatic rings. The van der Waals surface area contributed by atoms with E-state index in [1.807, 2.05) is 42.2 Å². The zero-order valence-electron chi connectivity index (χ0n) is 11.9. The Hall–Kier alpha value is -1.81. The Morgan fingerprint density at radius 1 is 1.43 bits per heavy atom. The summed E-state index contributed by atoms with van der Waals surface area (Å²) in [5.74, 6) is 1.27. The molecule has 0 aliphatic carbocycles. The number of carbonyl (C=O) groups is 1. The van der Waals surface area contributed by atoms with E-state index in [1.165, 1.54) is 0 Å². The van der Waals surface area contributed by atoms with Gasteiger partial charge in [-0.05, 0) is 37.5 Å². The molecule has 1 atom stereocenters. The number of aryl methyl sites for hydroxylation is 1. The molecular formula is C16H17ClN2O2. The van der Waals surface area contributed by atoms with E-state index in [0.717, 1.165) is 36.4 Å². The molecule has 1 aliphatic heterocycles. The summed E-state index contributed by atoms with van der Waals surface area (Å²) < 4.78 is 5.34. The second kappa shape index (κ2) is 5.90. The zero-order chi connectivity index (χ0) is 14.8. The van der Waals surface area contributed by atoms with Gasteiger partial charge in [-0.1, -0.05) is 17.3 Å². The first-order chi connectivity index (χ1) is 10.2. The monoisotopic (exact) mass is 304 g/mol. The summed E-state index contributed by atoms with van der Waals surface area (Å²) in [7, 11) is 0. The van der Waals surface area contributed by atoms with Gasteiger partial charge in [-0.3, -0.25) is 4.79 Å². The molecule has 1 fully saturated rings. The van der Waals surface area contributed by atoms with Gasteiger partial charge in [0.1, 0.15) is 0 Å². The fourth-order valence-corrected chi connectivity index (χ4v) is 2.93. The molecule has 5 heteroatoms. The lowest BCUT2D eigenvalue weighted by Gasteiger charge is -2.22. The van der Waals surface area contributed by atoms with Gasteiger partial charge in [-0.15, -0.1) is 11.6 Å². The first-order valence-corrected chi connectivity index (χ1v) is 7.61. The van der Waals surface area contributed by atoms with Crippen molar-refractivity contribution in [2.75, 3.05) is 6.54 Å². The number of carbonyl (C=O) groups excluding carboxylic acids is 1. The third-order valence-corrected chi connectivity index (χ3v) is 4.15. The van der Waals surface area contributed by atoms with Crippen LogP contribution in [0.15, 0.2) is 34.9 Å². The number of hydrogen-bond donors (Lipinski definition) is 0.